The molecule has 4 rings (SSSR count). The van der Waals surface area contributed by atoms with Gasteiger partial charge in [0.25, 0.3) is 0 Å². The van der Waals surface area contributed by atoms with E-state index < -0.39 is 23.6 Å². The van der Waals surface area contributed by atoms with Crippen molar-refractivity contribution in [2.75, 3.05) is 0 Å². The van der Waals surface area contributed by atoms with Crippen LogP contribution >= 0.6 is 0 Å². The Morgan fingerprint density at radius 2 is 1.92 bits per heavy atom. The molecule has 0 amide bonds. The van der Waals surface area contributed by atoms with E-state index in [1.807, 2.05) is 6.92 Å². The molecular weight excluding hydrogens is 304 g/mol. The highest BCUT2D eigenvalue weighted by molar-refractivity contribution is 5.75. The van der Waals surface area contributed by atoms with Crippen molar-refractivity contribution in [3.05, 3.63) is 12.2 Å². The predicted octanol–water partition coefficient (Wildman–Crippen LogP) is 2.98. The first-order valence-electron chi connectivity index (χ1n) is 9.45. The number of carbonyl (C=O) groups is 1. The van der Waals surface area contributed by atoms with E-state index in [1.54, 1.807) is 0 Å². The monoisotopic (exact) mass is 334 g/mol. The molecule has 0 radical (unpaired) electrons. The first-order chi connectivity index (χ1) is 11.2. The molecule has 0 saturated heterocycles. The third-order valence-corrected chi connectivity index (χ3v) is 8.65. The Labute approximate surface area is 144 Å². The fourth-order valence-electron chi connectivity index (χ4n) is 7.73. The van der Waals surface area contributed by atoms with Crippen molar-refractivity contribution in [1.29, 1.82) is 0 Å². The van der Waals surface area contributed by atoms with Crippen molar-refractivity contribution < 1.29 is 20.1 Å². The Hall–Kier alpha value is -0.870. The largest absolute Gasteiger partial charge is 0.481 e. The molecule has 4 aliphatic carbocycles. The number of aliphatic hydroxyl groups is 2. The second-order valence-electron chi connectivity index (χ2n) is 9.57. The van der Waals surface area contributed by atoms with E-state index in [0.29, 0.717) is 6.42 Å². The number of aliphatic hydroxyl groups excluding tert-OH is 2. The first kappa shape index (κ1) is 16.6. The van der Waals surface area contributed by atoms with Gasteiger partial charge < -0.3 is 15.3 Å². The SMILES string of the molecule is C=C1[C@H]2C[C@H](O)[C@H]3[C@]4(C)CCC[C@@](C)(C(=O)O)[C@H]4CC[C@]3(C2)[C@@H]1O. The first-order valence-corrected chi connectivity index (χ1v) is 9.45. The van der Waals surface area contributed by atoms with Crippen molar-refractivity contribution >= 4 is 5.97 Å². The van der Waals surface area contributed by atoms with Gasteiger partial charge in [-0.25, -0.2) is 0 Å². The molecule has 3 N–H and O–H groups in total. The van der Waals surface area contributed by atoms with Gasteiger partial charge >= 0.3 is 5.97 Å². The molecule has 0 aromatic carbocycles. The van der Waals surface area contributed by atoms with Crippen LogP contribution in [0.5, 0.6) is 0 Å². The lowest BCUT2D eigenvalue weighted by molar-refractivity contribution is -0.212. The Bertz CT molecular complexity index is 600. The number of carboxylic acids is 1. The summed E-state index contributed by atoms with van der Waals surface area (Å²) >= 11 is 0. The third kappa shape index (κ3) is 1.74. The number of fused-ring (bicyclic) bond motifs is 3. The summed E-state index contributed by atoms with van der Waals surface area (Å²) in [4.78, 5) is 12.1. The second-order valence-corrected chi connectivity index (χ2v) is 9.57. The quantitative estimate of drug-likeness (QED) is 0.644. The van der Waals surface area contributed by atoms with Gasteiger partial charge in [-0.15, -0.1) is 0 Å². The lowest BCUT2D eigenvalue weighted by Gasteiger charge is -2.64. The van der Waals surface area contributed by atoms with Gasteiger partial charge in [0.1, 0.15) is 0 Å². The van der Waals surface area contributed by atoms with E-state index in [4.69, 9.17) is 0 Å². The predicted molar refractivity (Wildman–Crippen MR) is 90.2 cm³/mol. The van der Waals surface area contributed by atoms with Crippen LogP contribution in [0.1, 0.15) is 58.8 Å². The maximum absolute atomic E-state index is 12.1. The zero-order valence-electron chi connectivity index (χ0n) is 14.8. The number of carboxylic acid groups (broad SMARTS) is 1. The zero-order chi connectivity index (χ0) is 17.5. The minimum absolute atomic E-state index is 0.0202. The normalized spacial score (nSPS) is 56.5. The Balaban J connectivity index is 1.82. The molecule has 0 heterocycles. The van der Waals surface area contributed by atoms with Gasteiger partial charge in [-0.1, -0.05) is 19.9 Å². The van der Waals surface area contributed by atoms with Crippen LogP contribution in [0.2, 0.25) is 0 Å². The Kier molecular flexibility index (Phi) is 3.35. The average Bonchev–Trinajstić information content (AvgIpc) is 2.68. The smallest absolute Gasteiger partial charge is 0.309 e. The van der Waals surface area contributed by atoms with Gasteiger partial charge in [0, 0.05) is 5.41 Å². The van der Waals surface area contributed by atoms with Crippen LogP contribution in [-0.2, 0) is 4.79 Å². The van der Waals surface area contributed by atoms with Crippen molar-refractivity contribution in [2.24, 2.45) is 34.0 Å². The Morgan fingerprint density at radius 1 is 1.21 bits per heavy atom. The van der Waals surface area contributed by atoms with Crippen LogP contribution in [0.3, 0.4) is 0 Å². The molecular formula is C20H30O4. The van der Waals surface area contributed by atoms with Crippen molar-refractivity contribution in [2.45, 2.75) is 71.0 Å². The summed E-state index contributed by atoms with van der Waals surface area (Å²) in [5.41, 5.74) is -0.331. The molecule has 1 spiro atoms. The van der Waals surface area contributed by atoms with Gasteiger partial charge in [0.15, 0.2) is 0 Å². The number of hydrogen-bond acceptors (Lipinski definition) is 3. The fourth-order valence-corrected chi connectivity index (χ4v) is 7.73. The van der Waals surface area contributed by atoms with E-state index in [1.165, 1.54) is 0 Å². The van der Waals surface area contributed by atoms with E-state index in [0.717, 1.165) is 44.1 Å². The summed E-state index contributed by atoms with van der Waals surface area (Å²) < 4.78 is 0. The molecule has 8 atom stereocenters. The van der Waals surface area contributed by atoms with Gasteiger partial charge in [0.05, 0.1) is 17.6 Å². The highest BCUT2D eigenvalue weighted by Gasteiger charge is 2.69. The molecule has 2 bridgehead atoms. The summed E-state index contributed by atoms with van der Waals surface area (Å²) in [7, 11) is 0. The van der Waals surface area contributed by atoms with Crippen molar-refractivity contribution in [3.8, 4) is 0 Å². The lowest BCUT2D eigenvalue weighted by atomic mass is 9.40. The summed E-state index contributed by atoms with van der Waals surface area (Å²) in [6.07, 6.45) is 4.80. The molecule has 4 aliphatic rings. The average molecular weight is 334 g/mol. The van der Waals surface area contributed by atoms with Gasteiger partial charge in [0.2, 0.25) is 0 Å². The van der Waals surface area contributed by atoms with Crippen LogP contribution in [0, 0.1) is 34.0 Å². The highest BCUT2D eigenvalue weighted by Crippen LogP contribution is 2.72. The minimum atomic E-state index is -0.717. The third-order valence-electron chi connectivity index (χ3n) is 8.65. The van der Waals surface area contributed by atoms with E-state index in [2.05, 4.69) is 13.5 Å². The molecule has 0 aromatic heterocycles. The summed E-state index contributed by atoms with van der Waals surface area (Å²) in [6, 6.07) is 0. The van der Waals surface area contributed by atoms with Gasteiger partial charge in [-0.2, -0.15) is 0 Å². The number of rotatable bonds is 1. The molecule has 4 saturated carbocycles. The summed E-state index contributed by atoms with van der Waals surface area (Å²) in [5, 5.41) is 31.9. The van der Waals surface area contributed by atoms with Crippen molar-refractivity contribution in [3.63, 3.8) is 0 Å². The molecule has 0 unspecified atom stereocenters. The summed E-state index contributed by atoms with van der Waals surface area (Å²) in [6.45, 7) is 8.22. The van der Waals surface area contributed by atoms with E-state index >= 15 is 0 Å². The van der Waals surface area contributed by atoms with Crippen LogP contribution in [0.25, 0.3) is 0 Å². The molecule has 4 heteroatoms. The second kappa shape index (κ2) is 4.85. The standard InChI is InChI=1S/C20H30O4/c1-11-12-9-13(21)15-18(2)6-4-7-19(3,17(23)24)14(18)5-8-20(15,10-12)16(11)22/h12-16,21-22H,1,4-10H2,2-3H3,(H,23,24)/t12-,13-,14-,15-,16+,18+,19+,20+/m0/s1. The molecule has 4 fully saturated rings. The van der Waals surface area contributed by atoms with Gasteiger partial charge in [-0.3, -0.25) is 4.79 Å². The van der Waals surface area contributed by atoms with Crippen LogP contribution in [0.15, 0.2) is 12.2 Å². The van der Waals surface area contributed by atoms with E-state index in [9.17, 15) is 20.1 Å². The zero-order valence-corrected chi connectivity index (χ0v) is 14.8. The van der Waals surface area contributed by atoms with Gasteiger partial charge in [-0.05, 0) is 74.2 Å². The minimum Gasteiger partial charge on any atom is -0.481 e. The lowest BCUT2D eigenvalue weighted by Crippen LogP contribution is -2.63. The number of aliphatic carboxylic acids is 1. The van der Waals surface area contributed by atoms with Crippen molar-refractivity contribution in [1.82, 2.24) is 0 Å². The van der Waals surface area contributed by atoms with Crippen LogP contribution in [0.4, 0.5) is 0 Å². The number of hydrogen-bond donors (Lipinski definition) is 3. The molecule has 0 aromatic rings. The Morgan fingerprint density at radius 3 is 2.58 bits per heavy atom. The molecule has 4 nitrogen and oxygen atoms in total. The van der Waals surface area contributed by atoms with E-state index in [-0.39, 0.29) is 28.6 Å². The fraction of sp³-hybridized carbons (Fsp3) is 0.850. The van der Waals surface area contributed by atoms with Crippen LogP contribution in [-0.4, -0.2) is 33.5 Å². The highest BCUT2D eigenvalue weighted by atomic mass is 16.4. The molecule has 134 valence electrons. The maximum atomic E-state index is 12.1. The maximum Gasteiger partial charge on any atom is 0.309 e. The molecule has 24 heavy (non-hydrogen) atoms. The summed E-state index contributed by atoms with van der Waals surface area (Å²) in [5.74, 6) is -0.429. The van der Waals surface area contributed by atoms with Crippen LogP contribution < -0.4 is 0 Å². The molecule has 0 aliphatic heterocycles. The topological polar surface area (TPSA) is 77.8 Å².